The maximum atomic E-state index is 6.22. The first-order valence-corrected chi connectivity index (χ1v) is 10.3. The van der Waals surface area contributed by atoms with Crippen LogP contribution in [-0.2, 0) is 0 Å². The zero-order valence-corrected chi connectivity index (χ0v) is 17.4. The average Bonchev–Trinajstić information content (AvgIpc) is 2.74. The van der Waals surface area contributed by atoms with Crippen LogP contribution < -0.4 is 22.1 Å². The summed E-state index contributed by atoms with van der Waals surface area (Å²) in [6.45, 7) is 5.67. The summed E-state index contributed by atoms with van der Waals surface area (Å²) in [4.78, 5) is 17.8. The second-order valence-electron chi connectivity index (χ2n) is 7.23. The highest BCUT2D eigenvalue weighted by atomic mass is 35.5. The van der Waals surface area contributed by atoms with Gasteiger partial charge in [-0.15, -0.1) is 0 Å². The van der Waals surface area contributed by atoms with Gasteiger partial charge in [0, 0.05) is 60.9 Å². The van der Waals surface area contributed by atoms with E-state index in [-0.39, 0.29) is 11.9 Å². The first-order chi connectivity index (χ1) is 14.5. The highest BCUT2D eigenvalue weighted by Crippen LogP contribution is 2.31. The zero-order chi connectivity index (χ0) is 21.1. The Morgan fingerprint density at radius 3 is 2.40 bits per heavy atom. The zero-order valence-electron chi connectivity index (χ0n) is 16.6. The molecule has 30 heavy (non-hydrogen) atoms. The minimum atomic E-state index is -0.0848. The van der Waals surface area contributed by atoms with E-state index in [2.05, 4.69) is 49.0 Å². The summed E-state index contributed by atoms with van der Waals surface area (Å²) in [5.74, 6) is 0.137. The third kappa shape index (κ3) is 4.46. The summed E-state index contributed by atoms with van der Waals surface area (Å²) in [7, 11) is 0. The maximum Gasteiger partial charge on any atom is 0.253 e. The van der Waals surface area contributed by atoms with Gasteiger partial charge in [-0.3, -0.25) is 4.90 Å². The van der Waals surface area contributed by atoms with Crippen LogP contribution in [0.15, 0.2) is 47.5 Å². The lowest BCUT2D eigenvalue weighted by atomic mass is 10.1. The predicted molar refractivity (Wildman–Crippen MR) is 123 cm³/mol. The van der Waals surface area contributed by atoms with E-state index < -0.39 is 0 Å². The van der Waals surface area contributed by atoms with Gasteiger partial charge >= 0.3 is 0 Å². The Morgan fingerprint density at radius 1 is 1.00 bits per heavy atom. The van der Waals surface area contributed by atoms with E-state index in [1.165, 1.54) is 5.69 Å². The van der Waals surface area contributed by atoms with Crippen LogP contribution in [0.3, 0.4) is 0 Å². The molecule has 4 rings (SSSR count). The van der Waals surface area contributed by atoms with Gasteiger partial charge in [0.05, 0.1) is 11.2 Å². The molecule has 9 heteroatoms. The summed E-state index contributed by atoms with van der Waals surface area (Å²) in [5, 5.41) is 1.47. The van der Waals surface area contributed by atoms with Crippen molar-refractivity contribution in [3.05, 3.63) is 47.5 Å². The number of benzene rings is 2. The minimum absolute atomic E-state index is 0.0848. The molecule has 0 aliphatic carbocycles. The van der Waals surface area contributed by atoms with Crippen molar-refractivity contribution in [1.82, 2.24) is 14.9 Å². The molecule has 1 aliphatic heterocycles. The Morgan fingerprint density at radius 2 is 1.73 bits per heavy atom. The van der Waals surface area contributed by atoms with E-state index >= 15 is 0 Å². The topological polar surface area (TPSA) is 123 Å². The molecule has 156 valence electrons. The quantitative estimate of drug-likeness (QED) is 0.422. The van der Waals surface area contributed by atoms with Gasteiger partial charge in [0.2, 0.25) is 0 Å². The number of anilines is 1. The lowest BCUT2D eigenvalue weighted by Crippen LogP contribution is -2.47. The van der Waals surface area contributed by atoms with Gasteiger partial charge in [-0.1, -0.05) is 23.7 Å². The van der Waals surface area contributed by atoms with Crippen molar-refractivity contribution in [2.45, 2.75) is 0 Å². The van der Waals surface area contributed by atoms with E-state index in [1.54, 1.807) is 6.07 Å². The van der Waals surface area contributed by atoms with Crippen molar-refractivity contribution in [3.63, 3.8) is 0 Å². The number of guanidine groups is 1. The van der Waals surface area contributed by atoms with Crippen LogP contribution in [0.25, 0.3) is 22.2 Å². The molecule has 0 bridgehead atoms. The van der Waals surface area contributed by atoms with Crippen LogP contribution in [-0.4, -0.2) is 60.1 Å². The van der Waals surface area contributed by atoms with Crippen molar-refractivity contribution in [3.8, 4) is 11.3 Å². The fourth-order valence-electron chi connectivity index (χ4n) is 3.72. The predicted octanol–water partition coefficient (Wildman–Crippen LogP) is 1.94. The third-order valence-electron chi connectivity index (χ3n) is 5.20. The molecule has 0 spiro atoms. The summed E-state index contributed by atoms with van der Waals surface area (Å²) in [6.07, 6.45) is 0. The van der Waals surface area contributed by atoms with Crippen LogP contribution in [0, 0.1) is 0 Å². The molecule has 3 aromatic rings. The van der Waals surface area contributed by atoms with Crippen molar-refractivity contribution < 1.29 is 0 Å². The molecule has 6 N–H and O–H groups in total. The Bertz CT molecular complexity index is 1050. The molecule has 0 amide bonds. The van der Waals surface area contributed by atoms with Crippen LogP contribution in [0.1, 0.15) is 0 Å². The van der Waals surface area contributed by atoms with Crippen molar-refractivity contribution in [2.24, 2.45) is 22.2 Å². The highest BCUT2D eigenvalue weighted by Gasteiger charge is 2.17. The first-order valence-electron chi connectivity index (χ1n) is 9.88. The van der Waals surface area contributed by atoms with Gasteiger partial charge < -0.3 is 22.1 Å². The van der Waals surface area contributed by atoms with Crippen LogP contribution in [0.4, 0.5) is 11.6 Å². The van der Waals surface area contributed by atoms with E-state index in [1.807, 2.05) is 12.1 Å². The fourth-order valence-corrected chi connectivity index (χ4v) is 3.89. The number of fused-ring (bicyclic) bond motifs is 1. The Labute approximate surface area is 180 Å². The number of aromatic nitrogens is 2. The SMILES string of the molecule is NCCN1CCN(c2ccc(-c3nc(N=C(N)N)nc4ccc(Cl)cc34)cc2)CC1. The largest absolute Gasteiger partial charge is 0.370 e. The van der Waals surface area contributed by atoms with Crippen molar-refractivity contribution in [2.75, 3.05) is 44.2 Å². The monoisotopic (exact) mass is 424 g/mol. The molecular weight excluding hydrogens is 400 g/mol. The number of aliphatic imine (C=N–C) groups is 1. The second kappa shape index (κ2) is 8.83. The molecule has 0 unspecified atom stereocenters. The summed E-state index contributed by atoms with van der Waals surface area (Å²) >= 11 is 6.22. The number of rotatable bonds is 5. The molecular formula is C21H25ClN8. The molecule has 8 nitrogen and oxygen atoms in total. The van der Waals surface area contributed by atoms with Gasteiger partial charge in [0.25, 0.3) is 5.95 Å². The number of hydrogen-bond acceptors (Lipinski definition) is 6. The van der Waals surface area contributed by atoms with Gasteiger partial charge in [0.1, 0.15) is 0 Å². The molecule has 0 saturated carbocycles. The minimum Gasteiger partial charge on any atom is -0.370 e. The lowest BCUT2D eigenvalue weighted by Gasteiger charge is -2.36. The molecule has 1 aromatic heterocycles. The Balaban J connectivity index is 1.65. The number of nitrogens with zero attached hydrogens (tertiary/aromatic N) is 5. The molecule has 2 aromatic carbocycles. The standard InChI is InChI=1S/C21H25ClN8/c22-15-3-6-18-17(13-15)19(27-21(26-18)28-20(24)25)14-1-4-16(5-2-14)30-11-9-29(8-7-23)10-12-30/h1-6,13H,7-12,23H2,(H4,24,25,26,27,28). The first kappa shape index (κ1) is 20.3. The number of nitrogens with two attached hydrogens (primary N) is 3. The molecule has 1 aliphatic rings. The van der Waals surface area contributed by atoms with Gasteiger partial charge in [0.15, 0.2) is 5.96 Å². The van der Waals surface area contributed by atoms with Gasteiger partial charge in [-0.2, -0.15) is 4.99 Å². The number of halogens is 1. The fraction of sp³-hybridized carbons (Fsp3) is 0.286. The van der Waals surface area contributed by atoms with Crippen molar-refractivity contribution >= 4 is 40.1 Å². The molecule has 1 saturated heterocycles. The van der Waals surface area contributed by atoms with E-state index in [4.69, 9.17) is 28.8 Å². The normalized spacial score (nSPS) is 14.8. The number of hydrogen-bond donors (Lipinski definition) is 3. The summed E-state index contributed by atoms with van der Waals surface area (Å²) in [5.41, 5.74) is 20.3. The smallest absolute Gasteiger partial charge is 0.253 e. The van der Waals surface area contributed by atoms with Crippen LogP contribution in [0.2, 0.25) is 5.02 Å². The maximum absolute atomic E-state index is 6.22. The average molecular weight is 425 g/mol. The van der Waals surface area contributed by atoms with Crippen LogP contribution in [0.5, 0.6) is 0 Å². The van der Waals surface area contributed by atoms with E-state index in [0.29, 0.717) is 11.6 Å². The molecule has 0 atom stereocenters. The van der Waals surface area contributed by atoms with Gasteiger partial charge in [-0.25, -0.2) is 9.97 Å². The lowest BCUT2D eigenvalue weighted by molar-refractivity contribution is 0.265. The van der Waals surface area contributed by atoms with Gasteiger partial charge in [-0.05, 0) is 30.3 Å². The Hall–Kier alpha value is -2.94. The number of piperazine rings is 1. The summed E-state index contributed by atoms with van der Waals surface area (Å²) in [6, 6.07) is 13.8. The molecule has 1 fully saturated rings. The molecule has 2 heterocycles. The van der Waals surface area contributed by atoms with E-state index in [9.17, 15) is 0 Å². The third-order valence-corrected chi connectivity index (χ3v) is 5.43. The van der Waals surface area contributed by atoms with Crippen molar-refractivity contribution in [1.29, 1.82) is 0 Å². The highest BCUT2D eigenvalue weighted by molar-refractivity contribution is 6.31. The van der Waals surface area contributed by atoms with E-state index in [0.717, 1.165) is 54.9 Å². The molecule has 0 radical (unpaired) electrons. The van der Waals surface area contributed by atoms with Crippen LogP contribution >= 0.6 is 11.6 Å². The summed E-state index contributed by atoms with van der Waals surface area (Å²) < 4.78 is 0. The second-order valence-corrected chi connectivity index (χ2v) is 7.67. The Kier molecular flexibility index (Phi) is 5.98.